The van der Waals surface area contributed by atoms with Gasteiger partial charge in [0.1, 0.15) is 11.5 Å². The maximum absolute atomic E-state index is 12.8. The molecule has 0 radical (unpaired) electrons. The Labute approximate surface area is 189 Å². The van der Waals surface area contributed by atoms with Crippen molar-refractivity contribution in [2.24, 2.45) is 0 Å². The molecule has 4 rings (SSSR count). The van der Waals surface area contributed by atoms with Crippen LogP contribution in [0.4, 0.5) is 5.69 Å². The Hall–Kier alpha value is -3.29. The highest BCUT2D eigenvalue weighted by Gasteiger charge is 2.16. The molecule has 31 heavy (non-hydrogen) atoms. The summed E-state index contributed by atoms with van der Waals surface area (Å²) in [5.74, 6) is 1.42. The fraction of sp³-hybridized carbons (Fsp3) is 0.130. The van der Waals surface area contributed by atoms with Gasteiger partial charge in [0, 0.05) is 22.3 Å². The largest absolute Gasteiger partial charge is 0.497 e. The maximum atomic E-state index is 12.8. The SMILES string of the molecule is COc1ccc2cc(CN(Cc3ccco3)C(=S)Nc3cccc(Cl)c3)c(=O)[nH]c2c1. The summed E-state index contributed by atoms with van der Waals surface area (Å²) in [6.07, 6.45) is 1.61. The summed E-state index contributed by atoms with van der Waals surface area (Å²) >= 11 is 11.7. The Bertz CT molecular complexity index is 1270. The quantitative estimate of drug-likeness (QED) is 0.392. The van der Waals surface area contributed by atoms with Gasteiger partial charge in [-0.1, -0.05) is 17.7 Å². The Kier molecular flexibility index (Phi) is 6.25. The number of hydrogen-bond acceptors (Lipinski definition) is 4. The number of fused-ring (bicyclic) bond motifs is 1. The number of benzene rings is 2. The van der Waals surface area contributed by atoms with E-state index in [9.17, 15) is 4.79 Å². The van der Waals surface area contributed by atoms with E-state index in [2.05, 4.69) is 10.3 Å². The highest BCUT2D eigenvalue weighted by molar-refractivity contribution is 7.80. The Morgan fingerprint density at radius 2 is 2.03 bits per heavy atom. The average Bonchev–Trinajstić information content (AvgIpc) is 3.26. The molecule has 0 saturated carbocycles. The number of hydrogen-bond donors (Lipinski definition) is 2. The van der Waals surface area contributed by atoms with E-state index >= 15 is 0 Å². The molecule has 0 aliphatic carbocycles. The number of ether oxygens (including phenoxy) is 1. The van der Waals surface area contributed by atoms with Crippen molar-refractivity contribution in [1.29, 1.82) is 0 Å². The molecule has 2 aromatic heterocycles. The fourth-order valence-corrected chi connectivity index (χ4v) is 3.67. The van der Waals surface area contributed by atoms with Gasteiger partial charge in [0.2, 0.25) is 0 Å². The molecule has 2 aromatic carbocycles. The summed E-state index contributed by atoms with van der Waals surface area (Å²) in [7, 11) is 1.59. The molecule has 8 heteroatoms. The highest BCUT2D eigenvalue weighted by Crippen LogP contribution is 2.20. The number of rotatable bonds is 6. The second-order valence-electron chi connectivity index (χ2n) is 6.95. The zero-order chi connectivity index (χ0) is 21.8. The van der Waals surface area contributed by atoms with Crippen molar-refractivity contribution >= 4 is 45.5 Å². The van der Waals surface area contributed by atoms with E-state index in [4.69, 9.17) is 33.0 Å². The number of nitrogens with one attached hydrogen (secondary N) is 2. The first-order chi connectivity index (χ1) is 15.0. The third kappa shape index (κ3) is 5.07. The smallest absolute Gasteiger partial charge is 0.253 e. The monoisotopic (exact) mass is 453 g/mol. The third-order valence-electron chi connectivity index (χ3n) is 4.78. The first-order valence-electron chi connectivity index (χ1n) is 9.55. The lowest BCUT2D eigenvalue weighted by Crippen LogP contribution is -2.35. The maximum Gasteiger partial charge on any atom is 0.253 e. The Morgan fingerprint density at radius 3 is 2.77 bits per heavy atom. The van der Waals surface area contributed by atoms with E-state index in [0.717, 1.165) is 16.8 Å². The summed E-state index contributed by atoms with van der Waals surface area (Å²) in [6.45, 7) is 0.698. The van der Waals surface area contributed by atoms with E-state index in [1.54, 1.807) is 31.6 Å². The summed E-state index contributed by atoms with van der Waals surface area (Å²) in [4.78, 5) is 17.6. The number of methoxy groups -OCH3 is 1. The van der Waals surface area contributed by atoms with Gasteiger partial charge in [-0.3, -0.25) is 4.79 Å². The average molecular weight is 454 g/mol. The molecule has 2 heterocycles. The van der Waals surface area contributed by atoms with Gasteiger partial charge >= 0.3 is 0 Å². The first kappa shape index (κ1) is 21.0. The number of aromatic amines is 1. The molecule has 2 N–H and O–H groups in total. The molecule has 0 aliphatic rings. The predicted octanol–water partition coefficient (Wildman–Crippen LogP) is 5.18. The van der Waals surface area contributed by atoms with Crippen molar-refractivity contribution in [3.05, 3.63) is 93.6 Å². The van der Waals surface area contributed by atoms with Gasteiger partial charge < -0.3 is 24.4 Å². The van der Waals surface area contributed by atoms with Gasteiger partial charge in [0.15, 0.2) is 5.11 Å². The number of halogens is 1. The number of H-pyrrole nitrogens is 1. The van der Waals surface area contributed by atoms with Crippen LogP contribution >= 0.6 is 23.8 Å². The molecule has 0 aliphatic heterocycles. The van der Waals surface area contributed by atoms with Crippen LogP contribution < -0.4 is 15.6 Å². The molecule has 0 bridgehead atoms. The van der Waals surface area contributed by atoms with Crippen LogP contribution in [0.15, 0.2) is 76.1 Å². The van der Waals surface area contributed by atoms with Gasteiger partial charge in [-0.25, -0.2) is 0 Å². The van der Waals surface area contributed by atoms with Gasteiger partial charge in [0.25, 0.3) is 5.56 Å². The number of nitrogens with zero attached hydrogens (tertiary/aromatic N) is 1. The number of furan rings is 1. The first-order valence-corrected chi connectivity index (χ1v) is 10.3. The van der Waals surface area contributed by atoms with Crippen LogP contribution in [0.25, 0.3) is 10.9 Å². The molecule has 0 fully saturated rings. The lowest BCUT2D eigenvalue weighted by molar-refractivity contribution is 0.359. The van der Waals surface area contributed by atoms with Gasteiger partial charge in [0.05, 0.1) is 32.0 Å². The Balaban J connectivity index is 1.63. The van der Waals surface area contributed by atoms with Crippen molar-refractivity contribution < 1.29 is 9.15 Å². The third-order valence-corrected chi connectivity index (χ3v) is 5.38. The summed E-state index contributed by atoms with van der Waals surface area (Å²) < 4.78 is 10.7. The van der Waals surface area contributed by atoms with Crippen LogP contribution in [-0.4, -0.2) is 22.1 Å². The number of thiocarbonyl (C=S) groups is 1. The van der Waals surface area contributed by atoms with Crippen molar-refractivity contribution in [3.8, 4) is 5.75 Å². The Morgan fingerprint density at radius 1 is 1.16 bits per heavy atom. The molecule has 0 unspecified atom stereocenters. The minimum atomic E-state index is -0.184. The fourth-order valence-electron chi connectivity index (χ4n) is 3.23. The van der Waals surface area contributed by atoms with Crippen molar-refractivity contribution in [3.63, 3.8) is 0 Å². The van der Waals surface area contributed by atoms with Gasteiger partial charge in [-0.2, -0.15) is 0 Å². The molecule has 158 valence electrons. The second kappa shape index (κ2) is 9.24. The van der Waals surface area contributed by atoms with E-state index in [1.165, 1.54) is 0 Å². The lowest BCUT2D eigenvalue weighted by Gasteiger charge is -2.25. The normalized spacial score (nSPS) is 10.8. The summed E-state index contributed by atoms with van der Waals surface area (Å²) in [5, 5.41) is 5.15. The minimum Gasteiger partial charge on any atom is -0.497 e. The zero-order valence-electron chi connectivity index (χ0n) is 16.7. The number of pyridine rings is 1. The molecule has 6 nitrogen and oxygen atoms in total. The van der Waals surface area contributed by atoms with Crippen LogP contribution in [0, 0.1) is 0 Å². The minimum absolute atomic E-state index is 0.184. The van der Waals surface area contributed by atoms with E-state index in [0.29, 0.717) is 40.1 Å². The van der Waals surface area contributed by atoms with Crippen molar-refractivity contribution in [2.75, 3.05) is 12.4 Å². The topological polar surface area (TPSA) is 70.5 Å². The van der Waals surface area contributed by atoms with Gasteiger partial charge in [-0.15, -0.1) is 0 Å². The van der Waals surface area contributed by atoms with Crippen LogP contribution in [0.1, 0.15) is 11.3 Å². The van der Waals surface area contributed by atoms with E-state index in [-0.39, 0.29) is 5.56 Å². The standard InChI is InChI=1S/C23H20ClN3O3S/c1-29-19-8-7-15-10-16(22(28)26-21(15)12-19)13-27(14-20-6-3-9-30-20)23(31)25-18-5-2-4-17(24)11-18/h2-12H,13-14H2,1H3,(H,25,31)(H,26,28). The molecular formula is C23H20ClN3O3S. The molecule has 0 amide bonds. The van der Waals surface area contributed by atoms with Crippen molar-refractivity contribution in [1.82, 2.24) is 9.88 Å². The number of anilines is 1. The van der Waals surface area contributed by atoms with Crippen LogP contribution in [-0.2, 0) is 13.1 Å². The van der Waals surface area contributed by atoms with Crippen LogP contribution in [0.5, 0.6) is 5.75 Å². The van der Waals surface area contributed by atoms with Crippen LogP contribution in [0.2, 0.25) is 5.02 Å². The highest BCUT2D eigenvalue weighted by atomic mass is 35.5. The molecule has 4 aromatic rings. The van der Waals surface area contributed by atoms with Gasteiger partial charge in [-0.05, 0) is 66.1 Å². The lowest BCUT2D eigenvalue weighted by atomic mass is 10.1. The number of aromatic nitrogens is 1. The predicted molar refractivity (Wildman–Crippen MR) is 127 cm³/mol. The van der Waals surface area contributed by atoms with Crippen molar-refractivity contribution in [2.45, 2.75) is 13.1 Å². The molecule has 0 spiro atoms. The zero-order valence-corrected chi connectivity index (χ0v) is 18.3. The van der Waals surface area contributed by atoms with E-state index in [1.807, 2.05) is 47.4 Å². The van der Waals surface area contributed by atoms with E-state index < -0.39 is 0 Å². The summed E-state index contributed by atoms with van der Waals surface area (Å²) in [6, 6.07) is 18.4. The molecule has 0 saturated heterocycles. The summed E-state index contributed by atoms with van der Waals surface area (Å²) in [5.41, 5.74) is 1.88. The molecular weight excluding hydrogens is 434 g/mol. The second-order valence-corrected chi connectivity index (χ2v) is 7.78. The van der Waals surface area contributed by atoms with Crippen LogP contribution in [0.3, 0.4) is 0 Å². The molecule has 0 atom stereocenters.